The van der Waals surface area contributed by atoms with E-state index in [0.29, 0.717) is 12.1 Å². The number of carbonyl (C=O) groups excluding carboxylic acids is 1. The quantitative estimate of drug-likeness (QED) is 0.438. The second-order valence-electron chi connectivity index (χ2n) is 7.93. The number of benzene rings is 2. The number of nitrogens with one attached hydrogen (secondary N) is 1. The molecule has 1 aliphatic heterocycles. The van der Waals surface area contributed by atoms with Crippen LogP contribution < -0.4 is 5.32 Å². The predicted octanol–water partition coefficient (Wildman–Crippen LogP) is 4.18. The summed E-state index contributed by atoms with van der Waals surface area (Å²) in [5.41, 5.74) is 2.32. The van der Waals surface area contributed by atoms with Crippen molar-refractivity contribution in [3.8, 4) is 0 Å². The molecule has 33 heavy (non-hydrogen) atoms. The Bertz CT molecular complexity index is 1230. The fourth-order valence-corrected chi connectivity index (χ4v) is 4.94. The van der Waals surface area contributed by atoms with Crippen molar-refractivity contribution in [1.29, 1.82) is 0 Å². The molecule has 7 nitrogen and oxygen atoms in total. The number of pyridine rings is 1. The summed E-state index contributed by atoms with van der Waals surface area (Å²) in [4.78, 5) is 23.1. The Kier molecular flexibility index (Phi) is 6.84. The van der Waals surface area contributed by atoms with Gasteiger partial charge in [0.2, 0.25) is 9.84 Å². The minimum Gasteiger partial charge on any atom is -0.344 e. The van der Waals surface area contributed by atoms with E-state index in [1.165, 1.54) is 12.1 Å². The summed E-state index contributed by atoms with van der Waals surface area (Å²) in [6.07, 6.45) is 5.43. The SMILES string of the molecule is CC(=NCc1ccc(S(=O)(=O)c2ccc(C(=O)N3CCCC3)cc2)cc1)Nc1ccncc1. The van der Waals surface area contributed by atoms with Gasteiger partial charge >= 0.3 is 0 Å². The van der Waals surface area contributed by atoms with Crippen LogP contribution in [0.2, 0.25) is 0 Å². The van der Waals surface area contributed by atoms with E-state index in [1.807, 2.05) is 19.1 Å². The first-order chi connectivity index (χ1) is 15.9. The van der Waals surface area contributed by atoms with Gasteiger partial charge in [-0.3, -0.25) is 14.8 Å². The number of aromatic nitrogens is 1. The number of likely N-dealkylation sites (tertiary alicyclic amines) is 1. The number of aliphatic imine (C=N–C) groups is 1. The Labute approximate surface area is 194 Å². The van der Waals surface area contributed by atoms with Gasteiger partial charge in [-0.2, -0.15) is 0 Å². The van der Waals surface area contributed by atoms with Crippen molar-refractivity contribution in [2.45, 2.75) is 36.1 Å². The van der Waals surface area contributed by atoms with E-state index in [-0.39, 0.29) is 15.7 Å². The van der Waals surface area contributed by atoms with Crippen LogP contribution in [0.15, 0.2) is 87.8 Å². The number of anilines is 1. The van der Waals surface area contributed by atoms with Gasteiger partial charge in [-0.1, -0.05) is 12.1 Å². The van der Waals surface area contributed by atoms with Gasteiger partial charge in [0.1, 0.15) is 0 Å². The lowest BCUT2D eigenvalue weighted by Gasteiger charge is -2.15. The van der Waals surface area contributed by atoms with Crippen LogP contribution in [0.4, 0.5) is 5.69 Å². The minimum absolute atomic E-state index is 0.0462. The molecule has 0 bridgehead atoms. The fraction of sp³-hybridized carbons (Fsp3) is 0.240. The maximum atomic E-state index is 13.0. The zero-order valence-electron chi connectivity index (χ0n) is 18.4. The Morgan fingerprint density at radius 1 is 0.939 bits per heavy atom. The minimum atomic E-state index is -3.67. The zero-order valence-corrected chi connectivity index (χ0v) is 19.3. The molecule has 0 unspecified atom stereocenters. The van der Waals surface area contributed by atoms with E-state index in [9.17, 15) is 13.2 Å². The van der Waals surface area contributed by atoms with Gasteiger partial charge in [0.25, 0.3) is 5.91 Å². The lowest BCUT2D eigenvalue weighted by atomic mass is 10.2. The molecule has 4 rings (SSSR count). The number of nitrogens with zero attached hydrogens (tertiary/aromatic N) is 3. The van der Waals surface area contributed by atoms with E-state index < -0.39 is 9.84 Å². The van der Waals surface area contributed by atoms with Gasteiger partial charge in [0, 0.05) is 36.7 Å². The number of rotatable bonds is 6. The molecule has 0 aliphatic carbocycles. The first-order valence-corrected chi connectivity index (χ1v) is 12.3. The van der Waals surface area contributed by atoms with E-state index >= 15 is 0 Å². The average molecular weight is 463 g/mol. The van der Waals surface area contributed by atoms with Crippen molar-refractivity contribution in [2.24, 2.45) is 4.99 Å². The standard InChI is InChI=1S/C25H26N4O3S/c1-19(28-22-12-14-26-15-13-22)27-18-20-4-8-23(9-5-20)33(31,32)24-10-6-21(7-11-24)25(30)29-16-2-3-17-29/h4-15H,2-3,16-18H2,1H3,(H,26,27,28). The third-order valence-electron chi connectivity index (χ3n) is 5.54. The molecular formula is C25H26N4O3S. The van der Waals surface area contributed by atoms with Gasteiger partial charge in [-0.25, -0.2) is 8.42 Å². The molecule has 0 radical (unpaired) electrons. The van der Waals surface area contributed by atoms with Gasteiger partial charge < -0.3 is 10.2 Å². The van der Waals surface area contributed by atoms with Crippen LogP contribution in [0.1, 0.15) is 35.7 Å². The van der Waals surface area contributed by atoms with Crippen molar-refractivity contribution in [1.82, 2.24) is 9.88 Å². The number of carbonyl (C=O) groups is 1. The van der Waals surface area contributed by atoms with Crippen LogP contribution >= 0.6 is 0 Å². The average Bonchev–Trinajstić information content (AvgIpc) is 3.38. The number of hydrogen-bond donors (Lipinski definition) is 1. The summed E-state index contributed by atoms with van der Waals surface area (Å²) in [5, 5.41) is 3.19. The van der Waals surface area contributed by atoms with Crippen LogP contribution in [-0.2, 0) is 16.4 Å². The smallest absolute Gasteiger partial charge is 0.253 e. The van der Waals surface area contributed by atoms with Gasteiger partial charge in [-0.05, 0) is 73.9 Å². The second kappa shape index (κ2) is 9.95. The summed E-state index contributed by atoms with van der Waals surface area (Å²) < 4.78 is 26.0. The Morgan fingerprint density at radius 2 is 1.52 bits per heavy atom. The topological polar surface area (TPSA) is 91.7 Å². The molecule has 2 aromatic carbocycles. The van der Waals surface area contributed by atoms with Gasteiger partial charge in [0.15, 0.2) is 0 Å². The summed E-state index contributed by atoms with van der Waals surface area (Å²) in [5.74, 6) is 0.705. The van der Waals surface area contributed by atoms with E-state index in [2.05, 4.69) is 15.3 Å². The molecular weight excluding hydrogens is 436 g/mol. The molecule has 170 valence electrons. The van der Waals surface area contributed by atoms with Crippen molar-refractivity contribution in [2.75, 3.05) is 18.4 Å². The molecule has 1 aromatic heterocycles. The van der Waals surface area contributed by atoms with Gasteiger partial charge in [-0.15, -0.1) is 0 Å². The Hall–Kier alpha value is -3.52. The molecule has 1 fully saturated rings. The van der Waals surface area contributed by atoms with E-state index in [0.717, 1.165) is 43.0 Å². The van der Waals surface area contributed by atoms with E-state index in [4.69, 9.17) is 0 Å². The normalized spacial score (nSPS) is 14.3. The molecule has 1 amide bonds. The number of amides is 1. The molecule has 0 spiro atoms. The summed E-state index contributed by atoms with van der Waals surface area (Å²) in [6.45, 7) is 3.82. The summed E-state index contributed by atoms with van der Waals surface area (Å²) in [7, 11) is -3.67. The van der Waals surface area contributed by atoms with Crippen molar-refractivity contribution in [3.63, 3.8) is 0 Å². The molecule has 0 atom stereocenters. The molecule has 8 heteroatoms. The van der Waals surface area contributed by atoms with Crippen LogP contribution in [-0.4, -0.2) is 43.1 Å². The monoisotopic (exact) mass is 462 g/mol. The summed E-state index contributed by atoms with van der Waals surface area (Å²) in [6, 6.07) is 16.6. The predicted molar refractivity (Wildman–Crippen MR) is 128 cm³/mol. The number of sulfone groups is 1. The van der Waals surface area contributed by atoms with Crippen molar-refractivity contribution in [3.05, 3.63) is 84.2 Å². The highest BCUT2D eigenvalue weighted by molar-refractivity contribution is 7.91. The maximum absolute atomic E-state index is 13.0. The van der Waals surface area contributed by atoms with Crippen LogP contribution in [0.5, 0.6) is 0 Å². The van der Waals surface area contributed by atoms with E-state index in [1.54, 1.807) is 53.7 Å². The first kappa shape index (κ1) is 22.7. The highest BCUT2D eigenvalue weighted by atomic mass is 32.2. The molecule has 1 aliphatic rings. The summed E-state index contributed by atoms with van der Waals surface area (Å²) >= 11 is 0. The van der Waals surface area contributed by atoms with Gasteiger partial charge in [0.05, 0.1) is 22.2 Å². The third kappa shape index (κ3) is 5.46. The largest absolute Gasteiger partial charge is 0.344 e. The first-order valence-electron chi connectivity index (χ1n) is 10.8. The third-order valence-corrected chi connectivity index (χ3v) is 7.33. The highest BCUT2D eigenvalue weighted by Gasteiger charge is 2.21. The van der Waals surface area contributed by atoms with Crippen LogP contribution in [0.25, 0.3) is 0 Å². The Morgan fingerprint density at radius 3 is 2.12 bits per heavy atom. The van der Waals surface area contributed by atoms with Crippen molar-refractivity contribution < 1.29 is 13.2 Å². The lowest BCUT2D eigenvalue weighted by molar-refractivity contribution is 0.0792. The molecule has 0 saturated carbocycles. The fourth-order valence-electron chi connectivity index (χ4n) is 3.68. The molecule has 1 saturated heterocycles. The number of amidine groups is 1. The molecule has 3 aromatic rings. The zero-order chi connectivity index (χ0) is 23.3. The molecule has 2 heterocycles. The number of hydrogen-bond acceptors (Lipinski definition) is 5. The van der Waals surface area contributed by atoms with Crippen LogP contribution in [0.3, 0.4) is 0 Å². The highest BCUT2D eigenvalue weighted by Crippen LogP contribution is 2.23. The van der Waals surface area contributed by atoms with Crippen LogP contribution in [0, 0.1) is 0 Å². The lowest BCUT2D eigenvalue weighted by Crippen LogP contribution is -2.27. The van der Waals surface area contributed by atoms with Crippen molar-refractivity contribution >= 4 is 27.3 Å². The second-order valence-corrected chi connectivity index (χ2v) is 9.88. The Balaban J connectivity index is 1.42. The maximum Gasteiger partial charge on any atom is 0.253 e. The molecule has 1 N–H and O–H groups in total.